The predicted molar refractivity (Wildman–Crippen MR) is 76.7 cm³/mol. The molecule has 0 saturated heterocycles. The summed E-state index contributed by atoms with van der Waals surface area (Å²) in [7, 11) is -2.70. The fourth-order valence-electron chi connectivity index (χ4n) is 1.59. The van der Waals surface area contributed by atoms with E-state index in [0.717, 1.165) is 13.4 Å². The molecule has 6 nitrogen and oxygen atoms in total. The lowest BCUT2D eigenvalue weighted by atomic mass is 9.83. The van der Waals surface area contributed by atoms with Crippen LogP contribution in [0.15, 0.2) is 24.3 Å². The number of carbonyl (C=O) groups excluding carboxylic acids is 2. The normalized spacial score (nSPS) is 14.3. The molecule has 0 fully saturated rings. The van der Waals surface area contributed by atoms with E-state index < -0.39 is 33.9 Å². The first kappa shape index (κ1) is 17.6. The van der Waals surface area contributed by atoms with E-state index in [4.69, 9.17) is 11.6 Å². The van der Waals surface area contributed by atoms with Gasteiger partial charge in [0.25, 0.3) is 10.1 Å². The summed E-state index contributed by atoms with van der Waals surface area (Å²) < 4.78 is 31.4. The smallest absolute Gasteiger partial charge is 0.321 e. The van der Waals surface area contributed by atoms with Gasteiger partial charge in [-0.3, -0.25) is 13.8 Å². The number of ketones is 1. The zero-order chi connectivity index (χ0) is 16.3. The Hall–Kier alpha value is -1.44. The summed E-state index contributed by atoms with van der Waals surface area (Å²) in [5, 5.41) is 0.429. The molecule has 0 heterocycles. The summed E-state index contributed by atoms with van der Waals surface area (Å²) >= 11 is 5.73. The molecule has 0 aliphatic rings. The Bertz CT molecular complexity index is 637. The highest BCUT2D eigenvalue weighted by Crippen LogP contribution is 2.26. The molecule has 1 atom stereocenters. The third-order valence-corrected chi connectivity index (χ3v) is 3.60. The van der Waals surface area contributed by atoms with Gasteiger partial charge < -0.3 is 4.74 Å². The van der Waals surface area contributed by atoms with E-state index >= 15 is 0 Å². The molecule has 116 valence electrons. The second-order valence-electron chi connectivity index (χ2n) is 4.63. The molecule has 0 saturated carbocycles. The van der Waals surface area contributed by atoms with E-state index in [2.05, 4.69) is 8.92 Å². The van der Waals surface area contributed by atoms with Gasteiger partial charge in [-0.1, -0.05) is 11.6 Å². The van der Waals surface area contributed by atoms with Crippen LogP contribution in [0.1, 0.15) is 17.3 Å². The number of rotatable bonds is 6. The van der Waals surface area contributed by atoms with Crippen LogP contribution in [-0.4, -0.2) is 40.1 Å². The summed E-state index contributed by atoms with van der Waals surface area (Å²) in [6.45, 7) is 0.626. The van der Waals surface area contributed by atoms with E-state index in [9.17, 15) is 18.0 Å². The summed E-state index contributed by atoms with van der Waals surface area (Å²) in [6, 6.07) is 5.85. The van der Waals surface area contributed by atoms with E-state index in [1.165, 1.54) is 31.2 Å². The second-order valence-corrected chi connectivity index (χ2v) is 6.71. The largest absolute Gasteiger partial charge is 0.468 e. The van der Waals surface area contributed by atoms with Crippen molar-refractivity contribution in [2.75, 3.05) is 20.0 Å². The number of ether oxygens (including phenoxy) is 1. The summed E-state index contributed by atoms with van der Waals surface area (Å²) in [5.74, 6) is -1.50. The standard InChI is InChI=1S/C13H15ClO6S/c1-13(12(16)19-2,8-20-21(3,17)18)11(15)9-4-6-10(14)7-5-9/h4-7H,8H2,1-3H3. The first-order valence-electron chi connectivity index (χ1n) is 5.83. The lowest BCUT2D eigenvalue weighted by molar-refractivity contribution is -0.150. The molecule has 0 bridgehead atoms. The van der Waals surface area contributed by atoms with Crippen LogP contribution in [0.5, 0.6) is 0 Å². The number of hydrogen-bond donors (Lipinski definition) is 0. The highest BCUT2D eigenvalue weighted by atomic mass is 35.5. The molecule has 1 aromatic rings. The molecule has 0 radical (unpaired) electrons. The van der Waals surface area contributed by atoms with Gasteiger partial charge in [-0.2, -0.15) is 8.42 Å². The third kappa shape index (κ3) is 4.52. The van der Waals surface area contributed by atoms with Gasteiger partial charge in [-0.05, 0) is 31.2 Å². The Balaban J connectivity index is 3.14. The van der Waals surface area contributed by atoms with Crippen LogP contribution in [0.25, 0.3) is 0 Å². The first-order chi connectivity index (χ1) is 9.60. The maximum absolute atomic E-state index is 12.5. The average Bonchev–Trinajstić information content (AvgIpc) is 2.43. The summed E-state index contributed by atoms with van der Waals surface area (Å²) in [4.78, 5) is 24.4. The minimum absolute atomic E-state index is 0.199. The van der Waals surface area contributed by atoms with E-state index in [0.29, 0.717) is 5.02 Å². The molecule has 0 aliphatic carbocycles. The number of esters is 1. The highest BCUT2D eigenvalue weighted by Gasteiger charge is 2.44. The molecule has 0 N–H and O–H groups in total. The minimum Gasteiger partial charge on any atom is -0.468 e. The number of carbonyl (C=O) groups is 2. The quantitative estimate of drug-likeness (QED) is 0.340. The van der Waals surface area contributed by atoms with Crippen molar-refractivity contribution >= 4 is 33.5 Å². The number of hydrogen-bond acceptors (Lipinski definition) is 6. The molecular weight excluding hydrogens is 320 g/mol. The van der Waals surface area contributed by atoms with Crippen molar-refractivity contribution in [3.8, 4) is 0 Å². The fourth-order valence-corrected chi connectivity index (χ4v) is 2.16. The molecule has 1 unspecified atom stereocenters. The van der Waals surface area contributed by atoms with Gasteiger partial charge in [0.15, 0.2) is 11.2 Å². The molecule has 0 aromatic heterocycles. The summed E-state index contributed by atoms with van der Waals surface area (Å²) in [6.07, 6.45) is 0.831. The Morgan fingerprint density at radius 2 is 1.76 bits per heavy atom. The van der Waals surface area contributed by atoms with Crippen LogP contribution >= 0.6 is 11.6 Å². The fraction of sp³-hybridized carbons (Fsp3) is 0.385. The lowest BCUT2D eigenvalue weighted by Crippen LogP contribution is -2.42. The van der Waals surface area contributed by atoms with Gasteiger partial charge >= 0.3 is 5.97 Å². The van der Waals surface area contributed by atoms with Crippen LogP contribution in [0.2, 0.25) is 5.02 Å². The summed E-state index contributed by atoms with van der Waals surface area (Å²) in [5.41, 5.74) is -1.57. The molecule has 1 rings (SSSR count). The zero-order valence-electron chi connectivity index (χ0n) is 11.8. The van der Waals surface area contributed by atoms with E-state index in [-0.39, 0.29) is 5.56 Å². The van der Waals surface area contributed by atoms with Crippen LogP contribution in [-0.2, 0) is 23.8 Å². The minimum atomic E-state index is -3.80. The predicted octanol–water partition coefficient (Wildman–Crippen LogP) is 1.68. The van der Waals surface area contributed by atoms with Gasteiger partial charge in [-0.15, -0.1) is 0 Å². The Labute approximate surface area is 128 Å². The van der Waals surface area contributed by atoms with Crippen LogP contribution in [0, 0.1) is 5.41 Å². The Morgan fingerprint density at radius 3 is 2.19 bits per heavy atom. The van der Waals surface area contributed by atoms with E-state index in [1.54, 1.807) is 0 Å². The topological polar surface area (TPSA) is 86.7 Å². The van der Waals surface area contributed by atoms with Gasteiger partial charge in [0.2, 0.25) is 0 Å². The van der Waals surface area contributed by atoms with E-state index in [1.807, 2.05) is 0 Å². The van der Waals surface area contributed by atoms with Crippen molar-refractivity contribution in [3.05, 3.63) is 34.9 Å². The van der Waals surface area contributed by atoms with Crippen molar-refractivity contribution in [1.29, 1.82) is 0 Å². The molecule has 0 spiro atoms. The van der Waals surface area contributed by atoms with Crippen molar-refractivity contribution in [2.24, 2.45) is 5.41 Å². The first-order valence-corrected chi connectivity index (χ1v) is 8.03. The Kier molecular flexibility index (Phi) is 5.49. The van der Waals surface area contributed by atoms with Crippen molar-refractivity contribution < 1.29 is 26.9 Å². The van der Waals surface area contributed by atoms with Crippen molar-refractivity contribution in [2.45, 2.75) is 6.92 Å². The number of Topliss-reactive ketones (excluding diaryl/α,β-unsaturated/α-hetero) is 1. The maximum Gasteiger partial charge on any atom is 0.321 e. The lowest BCUT2D eigenvalue weighted by Gasteiger charge is -2.24. The Morgan fingerprint density at radius 1 is 1.24 bits per heavy atom. The third-order valence-electron chi connectivity index (χ3n) is 2.81. The van der Waals surface area contributed by atoms with Crippen molar-refractivity contribution in [1.82, 2.24) is 0 Å². The number of methoxy groups -OCH3 is 1. The SMILES string of the molecule is COC(=O)C(C)(COS(C)(=O)=O)C(=O)c1ccc(Cl)cc1. The highest BCUT2D eigenvalue weighted by molar-refractivity contribution is 7.85. The van der Waals surface area contributed by atoms with Crippen LogP contribution in [0.4, 0.5) is 0 Å². The van der Waals surface area contributed by atoms with Crippen LogP contribution in [0.3, 0.4) is 0 Å². The molecule has 0 aliphatic heterocycles. The van der Waals surface area contributed by atoms with Gasteiger partial charge in [-0.25, -0.2) is 0 Å². The monoisotopic (exact) mass is 334 g/mol. The van der Waals surface area contributed by atoms with Gasteiger partial charge in [0.1, 0.15) is 0 Å². The van der Waals surface area contributed by atoms with Crippen LogP contribution < -0.4 is 0 Å². The number of benzene rings is 1. The van der Waals surface area contributed by atoms with Crippen molar-refractivity contribution in [3.63, 3.8) is 0 Å². The maximum atomic E-state index is 12.5. The molecule has 0 amide bonds. The number of halogens is 1. The zero-order valence-corrected chi connectivity index (χ0v) is 13.3. The molecular formula is C13H15ClO6S. The molecule has 8 heteroatoms. The van der Waals surface area contributed by atoms with Gasteiger partial charge in [0.05, 0.1) is 20.0 Å². The average molecular weight is 335 g/mol. The van der Waals surface area contributed by atoms with Gasteiger partial charge in [0, 0.05) is 10.6 Å². The second kappa shape index (κ2) is 6.55. The molecule has 21 heavy (non-hydrogen) atoms. The molecule has 1 aromatic carbocycles.